The van der Waals surface area contributed by atoms with Gasteiger partial charge in [0.2, 0.25) is 0 Å². The Labute approximate surface area is 164 Å². The summed E-state index contributed by atoms with van der Waals surface area (Å²) in [6.07, 6.45) is 10.7. The quantitative estimate of drug-likeness (QED) is 0.640. The Morgan fingerprint density at radius 2 is 2.00 bits per heavy atom. The van der Waals surface area contributed by atoms with Crippen molar-refractivity contribution in [3.8, 4) is 5.75 Å². The van der Waals surface area contributed by atoms with Crippen LogP contribution in [0.15, 0.2) is 18.2 Å². The van der Waals surface area contributed by atoms with Gasteiger partial charge < -0.3 is 15.5 Å². The molecule has 3 aliphatic carbocycles. The zero-order valence-corrected chi connectivity index (χ0v) is 17.1. The van der Waals surface area contributed by atoms with Crippen LogP contribution in [0.1, 0.15) is 75.3 Å². The highest BCUT2D eigenvalue weighted by molar-refractivity contribution is 5.40. The first-order valence-corrected chi connectivity index (χ1v) is 11.2. The number of aromatic hydroxyl groups is 1. The van der Waals surface area contributed by atoms with E-state index in [1.54, 1.807) is 0 Å². The molecule has 0 unspecified atom stereocenters. The van der Waals surface area contributed by atoms with Gasteiger partial charge >= 0.3 is 0 Å². The van der Waals surface area contributed by atoms with E-state index in [1.165, 1.54) is 56.1 Å². The number of benzene rings is 1. The minimum absolute atomic E-state index is 0.114. The molecule has 0 amide bonds. The van der Waals surface area contributed by atoms with Gasteiger partial charge in [0, 0.05) is 0 Å². The highest BCUT2D eigenvalue weighted by atomic mass is 16.3. The van der Waals surface area contributed by atoms with Crippen molar-refractivity contribution in [2.45, 2.75) is 76.7 Å². The van der Waals surface area contributed by atoms with E-state index in [1.807, 2.05) is 19.2 Å². The number of phenols is 1. The van der Waals surface area contributed by atoms with Gasteiger partial charge in [0.05, 0.1) is 6.10 Å². The lowest BCUT2D eigenvalue weighted by molar-refractivity contribution is -0.0501. The summed E-state index contributed by atoms with van der Waals surface area (Å²) in [6, 6.07) is 6.11. The average Bonchev–Trinajstić information content (AvgIpc) is 2.95. The van der Waals surface area contributed by atoms with Crippen LogP contribution in [0.4, 0.5) is 0 Å². The summed E-state index contributed by atoms with van der Waals surface area (Å²) >= 11 is 0. The van der Waals surface area contributed by atoms with Crippen molar-refractivity contribution >= 4 is 0 Å². The Hall–Kier alpha value is -1.06. The molecule has 27 heavy (non-hydrogen) atoms. The van der Waals surface area contributed by atoms with E-state index in [4.69, 9.17) is 0 Å². The van der Waals surface area contributed by atoms with Crippen LogP contribution >= 0.6 is 0 Å². The summed E-state index contributed by atoms with van der Waals surface area (Å²) in [4.78, 5) is 0. The zero-order valence-electron chi connectivity index (χ0n) is 17.1. The normalized spacial score (nSPS) is 37.5. The highest BCUT2D eigenvalue weighted by Crippen LogP contribution is 2.63. The summed E-state index contributed by atoms with van der Waals surface area (Å²) in [5.74, 6) is 3.08. The van der Waals surface area contributed by atoms with Crippen LogP contribution in [0.25, 0.3) is 0 Å². The monoisotopic (exact) mass is 371 g/mol. The van der Waals surface area contributed by atoms with Crippen molar-refractivity contribution in [2.75, 3.05) is 13.6 Å². The molecule has 150 valence electrons. The third kappa shape index (κ3) is 3.42. The molecule has 0 radical (unpaired) electrons. The number of fused-ring (bicyclic) bond motifs is 5. The Balaban J connectivity index is 1.60. The SMILES string of the molecule is CNCCCCC[C@H]1C[C@]2(C)[C@@H](O)CC[C@H]2[C@@H]2CCc3cc(O)ccc3[C@@H]12. The third-order valence-corrected chi connectivity index (χ3v) is 8.28. The van der Waals surface area contributed by atoms with Crippen LogP contribution in [0.2, 0.25) is 0 Å². The van der Waals surface area contributed by atoms with Gasteiger partial charge in [0.1, 0.15) is 5.75 Å². The molecule has 2 fully saturated rings. The second kappa shape index (κ2) is 7.75. The summed E-state index contributed by atoms with van der Waals surface area (Å²) < 4.78 is 0. The Kier molecular flexibility index (Phi) is 5.53. The Bertz CT molecular complexity index is 660. The number of aliphatic hydroxyl groups is 1. The van der Waals surface area contributed by atoms with Crippen LogP contribution in [-0.2, 0) is 6.42 Å². The molecule has 0 aromatic heterocycles. The second-order valence-corrected chi connectivity index (χ2v) is 9.73. The molecule has 1 aromatic rings. The maximum Gasteiger partial charge on any atom is 0.115 e. The maximum absolute atomic E-state index is 10.8. The number of rotatable bonds is 6. The van der Waals surface area contributed by atoms with Gasteiger partial charge in [-0.15, -0.1) is 0 Å². The summed E-state index contributed by atoms with van der Waals surface area (Å²) in [6.45, 7) is 3.49. The lowest BCUT2D eigenvalue weighted by Gasteiger charge is -2.54. The molecule has 0 bridgehead atoms. The predicted octanol–water partition coefficient (Wildman–Crippen LogP) is 4.62. The summed E-state index contributed by atoms with van der Waals surface area (Å²) in [7, 11) is 2.03. The highest BCUT2D eigenvalue weighted by Gasteiger charge is 2.57. The van der Waals surface area contributed by atoms with E-state index in [9.17, 15) is 10.2 Å². The van der Waals surface area contributed by atoms with Gasteiger partial charge in [-0.1, -0.05) is 25.8 Å². The molecule has 0 saturated heterocycles. The number of nitrogens with one attached hydrogen (secondary N) is 1. The van der Waals surface area contributed by atoms with Crippen LogP contribution in [0.3, 0.4) is 0 Å². The molecule has 4 rings (SSSR count). The first kappa shape index (κ1) is 19.3. The minimum Gasteiger partial charge on any atom is -0.508 e. The summed E-state index contributed by atoms with van der Waals surface area (Å²) in [5, 5.41) is 24.0. The maximum atomic E-state index is 10.8. The molecule has 0 heterocycles. The Morgan fingerprint density at radius 1 is 1.15 bits per heavy atom. The first-order valence-electron chi connectivity index (χ1n) is 11.2. The molecule has 3 aliphatic rings. The van der Waals surface area contributed by atoms with Gasteiger partial charge in [-0.3, -0.25) is 0 Å². The Morgan fingerprint density at radius 3 is 2.81 bits per heavy atom. The smallest absolute Gasteiger partial charge is 0.115 e. The van der Waals surface area contributed by atoms with E-state index in [2.05, 4.69) is 18.3 Å². The van der Waals surface area contributed by atoms with Crippen LogP contribution in [0, 0.1) is 23.2 Å². The second-order valence-electron chi connectivity index (χ2n) is 9.73. The van der Waals surface area contributed by atoms with Crippen molar-refractivity contribution < 1.29 is 10.2 Å². The molecule has 0 spiro atoms. The molecule has 6 atom stereocenters. The predicted molar refractivity (Wildman–Crippen MR) is 110 cm³/mol. The third-order valence-electron chi connectivity index (χ3n) is 8.28. The number of phenolic OH excluding ortho intramolecular Hbond substituents is 1. The number of aryl methyl sites for hydroxylation is 1. The number of aliphatic hydroxyl groups excluding tert-OH is 1. The summed E-state index contributed by atoms with van der Waals surface area (Å²) in [5.41, 5.74) is 3.00. The standard InChI is InChI=1S/C24H37NO2/c1-24-15-17(6-4-3-5-13-25-2)23-19-10-8-18(26)14-16(19)7-9-20(23)21(24)11-12-22(24)27/h8,10,14,17,20-23,25-27H,3-7,9,11-13,15H2,1-2H3/t17-,20-,21-,22-,23+,24-/m0/s1. The van der Waals surface area contributed by atoms with E-state index in [0.717, 1.165) is 19.4 Å². The van der Waals surface area contributed by atoms with E-state index in [-0.39, 0.29) is 11.5 Å². The molecule has 3 N–H and O–H groups in total. The van der Waals surface area contributed by atoms with Crippen molar-refractivity contribution in [1.29, 1.82) is 0 Å². The molecule has 2 saturated carbocycles. The van der Waals surface area contributed by atoms with Gasteiger partial charge in [0.15, 0.2) is 0 Å². The number of unbranched alkanes of at least 4 members (excludes halogenated alkanes) is 2. The van der Waals surface area contributed by atoms with Crippen molar-refractivity contribution in [3.05, 3.63) is 29.3 Å². The molecular weight excluding hydrogens is 334 g/mol. The van der Waals surface area contributed by atoms with Crippen LogP contribution in [-0.4, -0.2) is 29.9 Å². The topological polar surface area (TPSA) is 52.5 Å². The molecule has 3 heteroatoms. The van der Waals surface area contributed by atoms with Gasteiger partial charge in [0.25, 0.3) is 0 Å². The van der Waals surface area contributed by atoms with Crippen LogP contribution in [0.5, 0.6) is 5.75 Å². The molecule has 1 aromatic carbocycles. The number of hydrogen-bond donors (Lipinski definition) is 3. The fourth-order valence-corrected chi connectivity index (χ4v) is 7.01. The minimum atomic E-state index is -0.114. The lowest BCUT2D eigenvalue weighted by Crippen LogP contribution is -2.47. The van der Waals surface area contributed by atoms with E-state index < -0.39 is 0 Å². The van der Waals surface area contributed by atoms with Gasteiger partial charge in [-0.05, 0) is 111 Å². The van der Waals surface area contributed by atoms with Crippen molar-refractivity contribution in [1.82, 2.24) is 5.32 Å². The molecular formula is C24H37NO2. The number of hydrogen-bond acceptors (Lipinski definition) is 3. The zero-order chi connectivity index (χ0) is 19.0. The van der Waals surface area contributed by atoms with Crippen molar-refractivity contribution in [2.24, 2.45) is 23.2 Å². The average molecular weight is 372 g/mol. The van der Waals surface area contributed by atoms with E-state index in [0.29, 0.717) is 29.4 Å². The lowest BCUT2D eigenvalue weighted by atomic mass is 9.51. The molecule has 0 aliphatic heterocycles. The largest absolute Gasteiger partial charge is 0.508 e. The fourth-order valence-electron chi connectivity index (χ4n) is 7.01. The first-order chi connectivity index (χ1) is 13.0. The van der Waals surface area contributed by atoms with Gasteiger partial charge in [-0.2, -0.15) is 0 Å². The van der Waals surface area contributed by atoms with Gasteiger partial charge in [-0.25, -0.2) is 0 Å². The fraction of sp³-hybridized carbons (Fsp3) is 0.750. The van der Waals surface area contributed by atoms with Crippen molar-refractivity contribution in [3.63, 3.8) is 0 Å². The molecule has 3 nitrogen and oxygen atoms in total. The van der Waals surface area contributed by atoms with E-state index >= 15 is 0 Å². The van der Waals surface area contributed by atoms with Crippen LogP contribution < -0.4 is 5.32 Å².